The van der Waals surface area contributed by atoms with Crippen LogP contribution in [0, 0.1) is 6.92 Å². The average molecular weight is 205 g/mol. The minimum Gasteiger partial charge on any atom is -0.468 e. The van der Waals surface area contributed by atoms with Crippen molar-refractivity contribution in [3.8, 4) is 0 Å². The monoisotopic (exact) mass is 205 g/mol. The normalized spacial score (nSPS) is 10.5. The standard InChI is InChI=1S/C10H11N3O2/c1-7-3-4-8-9(5-7)12-13(11-8)6-10(14)15-2/h3-5H,6H2,1-2H3. The first kappa shape index (κ1) is 9.64. The molecule has 1 heterocycles. The summed E-state index contributed by atoms with van der Waals surface area (Å²) in [4.78, 5) is 12.3. The van der Waals surface area contributed by atoms with E-state index < -0.39 is 0 Å². The molecule has 0 unspecified atom stereocenters. The lowest BCUT2D eigenvalue weighted by atomic mass is 10.2. The van der Waals surface area contributed by atoms with Gasteiger partial charge in [-0.05, 0) is 24.6 Å². The van der Waals surface area contributed by atoms with Gasteiger partial charge in [-0.2, -0.15) is 15.0 Å². The number of benzene rings is 1. The number of esters is 1. The number of methoxy groups -OCH3 is 1. The van der Waals surface area contributed by atoms with Gasteiger partial charge in [-0.25, -0.2) is 4.79 Å². The molecule has 0 aliphatic heterocycles. The average Bonchev–Trinajstić information content (AvgIpc) is 2.59. The molecule has 1 aromatic carbocycles. The SMILES string of the molecule is COC(=O)Cn1nc2ccc(C)cc2n1. The Labute approximate surface area is 86.6 Å². The Morgan fingerprint density at radius 1 is 1.40 bits per heavy atom. The highest BCUT2D eigenvalue weighted by atomic mass is 16.5. The maximum Gasteiger partial charge on any atom is 0.329 e. The van der Waals surface area contributed by atoms with E-state index in [9.17, 15) is 4.79 Å². The Morgan fingerprint density at radius 2 is 2.13 bits per heavy atom. The summed E-state index contributed by atoms with van der Waals surface area (Å²) in [5.41, 5.74) is 2.69. The number of carbonyl (C=O) groups excluding carboxylic acids is 1. The number of hydrogen-bond donors (Lipinski definition) is 0. The molecule has 0 aliphatic rings. The van der Waals surface area contributed by atoms with Gasteiger partial charge in [0, 0.05) is 0 Å². The molecule has 0 N–H and O–H groups in total. The van der Waals surface area contributed by atoms with Crippen LogP contribution in [0.15, 0.2) is 18.2 Å². The van der Waals surface area contributed by atoms with Crippen LogP contribution in [0.5, 0.6) is 0 Å². The van der Waals surface area contributed by atoms with Crippen molar-refractivity contribution in [1.29, 1.82) is 0 Å². The molecule has 0 fully saturated rings. The number of carbonyl (C=O) groups is 1. The Morgan fingerprint density at radius 3 is 2.87 bits per heavy atom. The summed E-state index contributed by atoms with van der Waals surface area (Å²) in [6.07, 6.45) is 0. The summed E-state index contributed by atoms with van der Waals surface area (Å²) in [5.74, 6) is -0.355. The Hall–Kier alpha value is -1.91. The fourth-order valence-corrected chi connectivity index (χ4v) is 1.32. The van der Waals surface area contributed by atoms with Crippen molar-refractivity contribution in [3.63, 3.8) is 0 Å². The molecule has 0 saturated carbocycles. The fourth-order valence-electron chi connectivity index (χ4n) is 1.32. The van der Waals surface area contributed by atoms with Crippen LogP contribution in [-0.2, 0) is 16.1 Å². The highest BCUT2D eigenvalue weighted by Crippen LogP contribution is 2.10. The smallest absolute Gasteiger partial charge is 0.329 e. The molecule has 5 heteroatoms. The number of nitrogens with zero attached hydrogens (tertiary/aromatic N) is 3. The molecule has 0 radical (unpaired) electrons. The van der Waals surface area contributed by atoms with Crippen LogP contribution in [0.25, 0.3) is 11.0 Å². The largest absolute Gasteiger partial charge is 0.468 e. The number of rotatable bonds is 2. The van der Waals surface area contributed by atoms with Gasteiger partial charge in [0.1, 0.15) is 11.0 Å². The zero-order valence-electron chi connectivity index (χ0n) is 8.60. The van der Waals surface area contributed by atoms with Crippen LogP contribution in [0.1, 0.15) is 5.56 Å². The molecule has 0 amide bonds. The zero-order valence-corrected chi connectivity index (χ0v) is 8.60. The molecule has 78 valence electrons. The zero-order chi connectivity index (χ0) is 10.8. The lowest BCUT2D eigenvalue weighted by Crippen LogP contribution is -2.13. The first-order chi connectivity index (χ1) is 7.19. The number of hydrogen-bond acceptors (Lipinski definition) is 4. The number of aryl methyl sites for hydroxylation is 1. The van der Waals surface area contributed by atoms with Gasteiger partial charge in [0.25, 0.3) is 0 Å². The third-order valence-electron chi connectivity index (χ3n) is 2.08. The first-order valence-electron chi connectivity index (χ1n) is 4.57. The van der Waals surface area contributed by atoms with Gasteiger partial charge < -0.3 is 4.74 Å². The molecule has 0 spiro atoms. The minimum atomic E-state index is -0.355. The highest BCUT2D eigenvalue weighted by Gasteiger charge is 2.06. The summed E-state index contributed by atoms with van der Waals surface area (Å²) >= 11 is 0. The van der Waals surface area contributed by atoms with E-state index in [2.05, 4.69) is 14.9 Å². The van der Waals surface area contributed by atoms with Crippen LogP contribution < -0.4 is 0 Å². The highest BCUT2D eigenvalue weighted by molar-refractivity contribution is 5.75. The molecule has 2 aromatic rings. The van der Waals surface area contributed by atoms with Gasteiger partial charge >= 0.3 is 5.97 Å². The van der Waals surface area contributed by atoms with Crippen LogP contribution in [0.2, 0.25) is 0 Å². The minimum absolute atomic E-state index is 0.0459. The molecule has 5 nitrogen and oxygen atoms in total. The topological polar surface area (TPSA) is 57.0 Å². The summed E-state index contributed by atoms with van der Waals surface area (Å²) in [6, 6.07) is 5.76. The van der Waals surface area contributed by atoms with Gasteiger partial charge in [-0.15, -0.1) is 0 Å². The molecule has 2 rings (SSSR count). The lowest BCUT2D eigenvalue weighted by molar-refractivity contribution is -0.141. The molecule has 15 heavy (non-hydrogen) atoms. The lowest BCUT2D eigenvalue weighted by Gasteiger charge is -1.95. The summed E-state index contributed by atoms with van der Waals surface area (Å²) in [5, 5.41) is 8.31. The Balaban J connectivity index is 2.34. The number of fused-ring (bicyclic) bond motifs is 1. The maximum atomic E-state index is 11.0. The molecular formula is C10H11N3O2. The van der Waals surface area contributed by atoms with Crippen molar-refractivity contribution in [3.05, 3.63) is 23.8 Å². The van der Waals surface area contributed by atoms with E-state index >= 15 is 0 Å². The van der Waals surface area contributed by atoms with Crippen LogP contribution in [0.3, 0.4) is 0 Å². The Kier molecular flexibility index (Phi) is 2.37. The molecule has 0 bridgehead atoms. The molecule has 0 aliphatic carbocycles. The van der Waals surface area contributed by atoms with Crippen molar-refractivity contribution in [2.24, 2.45) is 0 Å². The second-order valence-electron chi connectivity index (χ2n) is 3.30. The van der Waals surface area contributed by atoms with E-state index in [1.54, 1.807) is 0 Å². The van der Waals surface area contributed by atoms with Crippen molar-refractivity contribution >= 4 is 17.0 Å². The third kappa shape index (κ3) is 1.96. The second kappa shape index (κ2) is 3.68. The van der Waals surface area contributed by atoms with Gasteiger partial charge in [-0.1, -0.05) is 6.07 Å². The first-order valence-corrected chi connectivity index (χ1v) is 4.57. The molecular weight excluding hydrogens is 194 g/mol. The summed E-state index contributed by atoms with van der Waals surface area (Å²) < 4.78 is 4.53. The van der Waals surface area contributed by atoms with Gasteiger partial charge in [0.2, 0.25) is 0 Å². The predicted molar refractivity (Wildman–Crippen MR) is 54.3 cm³/mol. The summed E-state index contributed by atoms with van der Waals surface area (Å²) in [6.45, 7) is 2.03. The quantitative estimate of drug-likeness (QED) is 0.684. The summed E-state index contributed by atoms with van der Waals surface area (Å²) in [7, 11) is 1.34. The maximum absolute atomic E-state index is 11.0. The van der Waals surface area contributed by atoms with Crippen LogP contribution in [-0.4, -0.2) is 28.1 Å². The van der Waals surface area contributed by atoms with Crippen LogP contribution in [0.4, 0.5) is 0 Å². The van der Waals surface area contributed by atoms with Gasteiger partial charge in [-0.3, -0.25) is 0 Å². The fraction of sp³-hybridized carbons (Fsp3) is 0.300. The molecule has 0 saturated heterocycles. The second-order valence-corrected chi connectivity index (χ2v) is 3.30. The van der Waals surface area contributed by atoms with Crippen molar-refractivity contribution in [2.45, 2.75) is 13.5 Å². The van der Waals surface area contributed by atoms with E-state index in [1.807, 2.05) is 25.1 Å². The molecule has 0 atom stereocenters. The van der Waals surface area contributed by atoms with Gasteiger partial charge in [0.15, 0.2) is 6.54 Å². The number of ether oxygens (including phenoxy) is 1. The predicted octanol–water partition coefficient (Wildman–Crippen LogP) is 0.913. The third-order valence-corrected chi connectivity index (χ3v) is 2.08. The van der Waals surface area contributed by atoms with E-state index in [-0.39, 0.29) is 12.5 Å². The number of aromatic nitrogens is 3. The van der Waals surface area contributed by atoms with Gasteiger partial charge in [0.05, 0.1) is 7.11 Å². The molecule has 1 aromatic heterocycles. The van der Waals surface area contributed by atoms with E-state index in [0.717, 1.165) is 16.6 Å². The van der Waals surface area contributed by atoms with E-state index in [1.165, 1.54) is 11.9 Å². The van der Waals surface area contributed by atoms with Crippen molar-refractivity contribution in [2.75, 3.05) is 7.11 Å². The van der Waals surface area contributed by atoms with Crippen molar-refractivity contribution in [1.82, 2.24) is 15.0 Å². The van der Waals surface area contributed by atoms with Crippen molar-refractivity contribution < 1.29 is 9.53 Å². The van der Waals surface area contributed by atoms with E-state index in [0.29, 0.717) is 0 Å². The van der Waals surface area contributed by atoms with E-state index in [4.69, 9.17) is 0 Å². The Bertz CT molecular complexity index is 504. The van der Waals surface area contributed by atoms with Crippen LogP contribution >= 0.6 is 0 Å².